The molecule has 0 spiro atoms. The second-order valence-electron chi connectivity index (χ2n) is 7.80. The number of ether oxygens (including phenoxy) is 1. The number of esters is 1. The summed E-state index contributed by atoms with van der Waals surface area (Å²) in [5.41, 5.74) is 2.38. The van der Waals surface area contributed by atoms with E-state index >= 15 is 0 Å². The standard InChI is InChI=1S/C23H25ClN2O3/c1-14(22(27)29-2)15-8-10-18-19-13-16(24)9-11-20(19)26(21(18)12-15)23(28)25-17-6-4-3-5-7-17/h8-14,17H,3-7H2,1-2H3,(H,25,28). The van der Waals surface area contributed by atoms with Gasteiger partial charge in [-0.05, 0) is 49.6 Å². The van der Waals surface area contributed by atoms with Crippen molar-refractivity contribution in [3.63, 3.8) is 0 Å². The molecule has 0 bridgehead atoms. The number of aromatic nitrogens is 1. The van der Waals surface area contributed by atoms with Crippen molar-refractivity contribution in [2.75, 3.05) is 7.11 Å². The number of carbonyl (C=O) groups is 2. The Labute approximate surface area is 175 Å². The Bertz CT molecular complexity index is 1080. The molecule has 1 fully saturated rings. The van der Waals surface area contributed by atoms with Crippen LogP contribution < -0.4 is 5.32 Å². The van der Waals surface area contributed by atoms with Gasteiger partial charge in [-0.2, -0.15) is 0 Å². The van der Waals surface area contributed by atoms with Crippen LogP contribution in [-0.4, -0.2) is 29.7 Å². The van der Waals surface area contributed by atoms with E-state index in [-0.39, 0.29) is 18.0 Å². The Balaban J connectivity index is 1.84. The van der Waals surface area contributed by atoms with Crippen molar-refractivity contribution in [2.45, 2.75) is 51.0 Å². The first-order chi connectivity index (χ1) is 14.0. The lowest BCUT2D eigenvalue weighted by molar-refractivity contribution is -0.141. The summed E-state index contributed by atoms with van der Waals surface area (Å²) in [4.78, 5) is 25.3. The van der Waals surface area contributed by atoms with Gasteiger partial charge in [0.25, 0.3) is 0 Å². The molecule has 29 heavy (non-hydrogen) atoms. The molecule has 3 aromatic rings. The fraction of sp³-hybridized carbons (Fsp3) is 0.391. The maximum absolute atomic E-state index is 13.3. The minimum absolute atomic E-state index is 0.137. The molecular formula is C23H25ClN2O3. The Morgan fingerprint density at radius 2 is 1.83 bits per heavy atom. The minimum atomic E-state index is -0.416. The summed E-state index contributed by atoms with van der Waals surface area (Å²) < 4.78 is 6.60. The molecule has 5 nitrogen and oxygen atoms in total. The van der Waals surface area contributed by atoms with E-state index < -0.39 is 5.92 Å². The SMILES string of the molecule is COC(=O)C(C)c1ccc2c3cc(Cl)ccc3n(C(=O)NC3CCCCC3)c2c1. The van der Waals surface area contributed by atoms with Crippen LogP contribution in [0.5, 0.6) is 0 Å². The summed E-state index contributed by atoms with van der Waals surface area (Å²) in [7, 11) is 1.38. The number of hydrogen-bond donors (Lipinski definition) is 1. The largest absolute Gasteiger partial charge is 0.469 e. The molecular weight excluding hydrogens is 388 g/mol. The number of carbonyl (C=O) groups excluding carboxylic acids is 2. The molecule has 4 rings (SSSR count). The van der Waals surface area contributed by atoms with Gasteiger partial charge in [-0.25, -0.2) is 4.79 Å². The number of methoxy groups -OCH3 is 1. The lowest BCUT2D eigenvalue weighted by Crippen LogP contribution is -2.38. The zero-order valence-corrected chi connectivity index (χ0v) is 17.5. The fourth-order valence-electron chi connectivity index (χ4n) is 4.30. The smallest absolute Gasteiger partial charge is 0.326 e. The molecule has 1 unspecified atom stereocenters. The van der Waals surface area contributed by atoms with Crippen molar-refractivity contribution in [3.05, 3.63) is 47.0 Å². The molecule has 1 saturated carbocycles. The third-order valence-electron chi connectivity index (χ3n) is 5.94. The van der Waals surface area contributed by atoms with Gasteiger partial charge in [-0.3, -0.25) is 9.36 Å². The van der Waals surface area contributed by atoms with Gasteiger partial charge >= 0.3 is 12.0 Å². The second kappa shape index (κ2) is 8.07. The maximum atomic E-state index is 13.3. The first-order valence-electron chi connectivity index (χ1n) is 10.1. The molecule has 1 atom stereocenters. The van der Waals surface area contributed by atoms with Gasteiger partial charge in [-0.15, -0.1) is 0 Å². The van der Waals surface area contributed by atoms with Crippen molar-refractivity contribution >= 4 is 45.4 Å². The van der Waals surface area contributed by atoms with E-state index in [1.54, 1.807) is 17.6 Å². The molecule has 1 heterocycles. The summed E-state index contributed by atoms with van der Waals surface area (Å²) in [6, 6.07) is 11.4. The summed E-state index contributed by atoms with van der Waals surface area (Å²) in [6.07, 6.45) is 5.55. The Hall–Kier alpha value is -2.53. The van der Waals surface area contributed by atoms with E-state index in [0.29, 0.717) is 5.02 Å². The fourth-order valence-corrected chi connectivity index (χ4v) is 4.47. The number of halogens is 1. The van der Waals surface area contributed by atoms with Gasteiger partial charge < -0.3 is 10.1 Å². The molecule has 6 heteroatoms. The molecule has 0 aliphatic heterocycles. The van der Waals surface area contributed by atoms with Crippen LogP contribution in [0, 0.1) is 0 Å². The average molecular weight is 413 g/mol. The van der Waals surface area contributed by atoms with Crippen LogP contribution in [0.25, 0.3) is 21.8 Å². The predicted molar refractivity (Wildman–Crippen MR) is 116 cm³/mol. The number of benzene rings is 2. The summed E-state index contributed by atoms with van der Waals surface area (Å²) in [5, 5.41) is 5.68. The van der Waals surface area contributed by atoms with Crippen LogP contribution in [0.1, 0.15) is 50.5 Å². The molecule has 1 aromatic heterocycles. The van der Waals surface area contributed by atoms with Crippen LogP contribution in [0.3, 0.4) is 0 Å². The van der Waals surface area contributed by atoms with E-state index in [2.05, 4.69) is 5.32 Å². The number of rotatable bonds is 3. The molecule has 2 aromatic carbocycles. The lowest BCUT2D eigenvalue weighted by Gasteiger charge is -2.23. The summed E-state index contributed by atoms with van der Waals surface area (Å²) in [5.74, 6) is -0.720. The molecule has 152 valence electrons. The van der Waals surface area contributed by atoms with Crippen LogP contribution in [0.4, 0.5) is 4.79 Å². The van der Waals surface area contributed by atoms with Gasteiger partial charge in [0.1, 0.15) is 0 Å². The predicted octanol–water partition coefficient (Wildman–Crippen LogP) is 5.61. The van der Waals surface area contributed by atoms with Gasteiger partial charge in [0.15, 0.2) is 0 Å². The van der Waals surface area contributed by atoms with E-state index in [9.17, 15) is 9.59 Å². The van der Waals surface area contributed by atoms with Crippen molar-refractivity contribution in [1.82, 2.24) is 9.88 Å². The number of fused-ring (bicyclic) bond motifs is 3. The maximum Gasteiger partial charge on any atom is 0.326 e. The van der Waals surface area contributed by atoms with Crippen LogP contribution in [-0.2, 0) is 9.53 Å². The minimum Gasteiger partial charge on any atom is -0.469 e. The first-order valence-corrected chi connectivity index (χ1v) is 10.5. The number of hydrogen-bond acceptors (Lipinski definition) is 3. The van der Waals surface area contributed by atoms with Gasteiger partial charge in [0.05, 0.1) is 24.1 Å². The highest BCUT2D eigenvalue weighted by molar-refractivity contribution is 6.32. The van der Waals surface area contributed by atoms with Gasteiger partial charge in [0.2, 0.25) is 0 Å². The number of nitrogens with zero attached hydrogens (tertiary/aromatic N) is 1. The van der Waals surface area contributed by atoms with Crippen LogP contribution in [0.15, 0.2) is 36.4 Å². The number of amides is 1. The van der Waals surface area contributed by atoms with E-state index in [4.69, 9.17) is 16.3 Å². The first kappa shape index (κ1) is 19.8. The van der Waals surface area contributed by atoms with Crippen LogP contribution in [0.2, 0.25) is 5.02 Å². The van der Waals surface area contributed by atoms with Gasteiger partial charge in [-0.1, -0.05) is 43.0 Å². The molecule has 1 N–H and O–H groups in total. The topological polar surface area (TPSA) is 60.3 Å². The molecule has 0 saturated heterocycles. The molecule has 1 aliphatic rings. The van der Waals surface area contributed by atoms with Crippen molar-refractivity contribution in [2.24, 2.45) is 0 Å². The second-order valence-corrected chi connectivity index (χ2v) is 8.24. The summed E-state index contributed by atoms with van der Waals surface area (Å²) in [6.45, 7) is 1.80. The summed E-state index contributed by atoms with van der Waals surface area (Å²) >= 11 is 6.23. The third kappa shape index (κ3) is 3.71. The quantitative estimate of drug-likeness (QED) is 0.568. The third-order valence-corrected chi connectivity index (χ3v) is 6.18. The molecule has 1 amide bonds. The highest BCUT2D eigenvalue weighted by Gasteiger charge is 2.23. The van der Waals surface area contributed by atoms with E-state index in [1.807, 2.05) is 30.3 Å². The normalized spacial score (nSPS) is 16.1. The average Bonchev–Trinajstić information content (AvgIpc) is 3.06. The Morgan fingerprint density at radius 1 is 1.07 bits per heavy atom. The highest BCUT2D eigenvalue weighted by atomic mass is 35.5. The van der Waals surface area contributed by atoms with Crippen molar-refractivity contribution in [3.8, 4) is 0 Å². The molecule has 0 radical (unpaired) electrons. The zero-order chi connectivity index (χ0) is 20.5. The van der Waals surface area contributed by atoms with Gasteiger partial charge in [0, 0.05) is 21.8 Å². The highest BCUT2D eigenvalue weighted by Crippen LogP contribution is 2.33. The van der Waals surface area contributed by atoms with Crippen molar-refractivity contribution in [1.29, 1.82) is 0 Å². The van der Waals surface area contributed by atoms with Crippen molar-refractivity contribution < 1.29 is 14.3 Å². The Morgan fingerprint density at radius 3 is 2.55 bits per heavy atom. The molecule has 1 aliphatic carbocycles. The number of nitrogens with one attached hydrogen (secondary N) is 1. The van der Waals surface area contributed by atoms with E-state index in [0.717, 1.165) is 53.1 Å². The Kier molecular flexibility index (Phi) is 5.50. The lowest BCUT2D eigenvalue weighted by atomic mass is 9.96. The van der Waals surface area contributed by atoms with E-state index in [1.165, 1.54) is 13.5 Å². The van der Waals surface area contributed by atoms with Crippen LogP contribution >= 0.6 is 11.6 Å². The monoisotopic (exact) mass is 412 g/mol. The zero-order valence-electron chi connectivity index (χ0n) is 16.7.